The minimum absolute atomic E-state index is 0.0109. The Balaban J connectivity index is 1.56. The number of amides is 3. The molecule has 0 unspecified atom stereocenters. The third-order valence-electron chi connectivity index (χ3n) is 7.71. The molecule has 4 aliphatic heterocycles. The van der Waals surface area contributed by atoms with E-state index in [1.807, 2.05) is 6.92 Å². The van der Waals surface area contributed by atoms with Crippen LogP contribution in [-0.4, -0.2) is 107 Å². The van der Waals surface area contributed by atoms with Crippen LogP contribution in [0.4, 0.5) is 9.59 Å². The number of hydrogen-bond acceptors (Lipinski definition) is 10. The number of aliphatic hydroxyl groups excluding tert-OH is 1. The van der Waals surface area contributed by atoms with Gasteiger partial charge in [0.2, 0.25) is 5.91 Å². The number of hydrogen-bond donors (Lipinski definition) is 1. The molecule has 3 fully saturated rings. The molecule has 224 valence electrons. The molecule has 12 nitrogen and oxygen atoms in total. The zero-order valence-corrected chi connectivity index (χ0v) is 24.1. The summed E-state index contributed by atoms with van der Waals surface area (Å²) in [5.74, 6) is -2.00. The Hall–Kier alpha value is -3.29. The molecule has 0 aromatic rings. The van der Waals surface area contributed by atoms with Gasteiger partial charge in [0.1, 0.15) is 25.5 Å². The van der Waals surface area contributed by atoms with Gasteiger partial charge in [-0.1, -0.05) is 44.9 Å². The molecule has 3 saturated heterocycles. The second-order valence-electron chi connectivity index (χ2n) is 10.4. The maximum Gasteiger partial charge on any atom is 0.434 e. The Bertz CT molecular complexity index is 1130. The van der Waals surface area contributed by atoms with Crippen LogP contribution >= 0.6 is 11.8 Å². The van der Waals surface area contributed by atoms with Gasteiger partial charge in [-0.25, -0.2) is 14.4 Å². The second kappa shape index (κ2) is 13.1. The molecule has 4 rings (SSSR count). The Morgan fingerprint density at radius 3 is 2.34 bits per heavy atom. The van der Waals surface area contributed by atoms with Gasteiger partial charge in [-0.3, -0.25) is 9.63 Å². The number of esters is 1. The van der Waals surface area contributed by atoms with Crippen LogP contribution in [0.25, 0.3) is 0 Å². The van der Waals surface area contributed by atoms with Crippen LogP contribution in [0.3, 0.4) is 0 Å². The summed E-state index contributed by atoms with van der Waals surface area (Å²) >= 11 is 1.43. The average Bonchev–Trinajstić information content (AvgIpc) is 3.65. The van der Waals surface area contributed by atoms with Crippen molar-refractivity contribution in [1.29, 1.82) is 0 Å². The molecule has 0 spiro atoms. The fourth-order valence-corrected chi connectivity index (χ4v) is 7.43. The van der Waals surface area contributed by atoms with Crippen LogP contribution in [0.15, 0.2) is 48.6 Å². The maximum atomic E-state index is 13.1. The Labute approximate surface area is 243 Å². The van der Waals surface area contributed by atoms with Gasteiger partial charge in [0.25, 0.3) is 0 Å². The number of carbonyl (C=O) groups excluding carboxylic acids is 4. The monoisotopic (exact) mass is 591 g/mol. The quantitative estimate of drug-likeness (QED) is 0.165. The molecule has 41 heavy (non-hydrogen) atoms. The van der Waals surface area contributed by atoms with Crippen LogP contribution in [-0.2, 0) is 28.6 Å². The highest BCUT2D eigenvalue weighted by atomic mass is 32.2. The number of aliphatic hydroxyl groups is 1. The predicted molar refractivity (Wildman–Crippen MR) is 149 cm³/mol. The fraction of sp³-hybridized carbons (Fsp3) is 0.571. The second-order valence-corrected chi connectivity index (χ2v) is 11.7. The molecule has 0 bridgehead atoms. The molecule has 4 heterocycles. The lowest BCUT2D eigenvalue weighted by Gasteiger charge is -2.46. The Kier molecular flexibility index (Phi) is 9.82. The van der Waals surface area contributed by atoms with E-state index in [4.69, 9.17) is 19.0 Å². The summed E-state index contributed by atoms with van der Waals surface area (Å²) in [7, 11) is 0. The van der Waals surface area contributed by atoms with Gasteiger partial charge >= 0.3 is 18.2 Å². The first-order valence-corrected chi connectivity index (χ1v) is 14.4. The van der Waals surface area contributed by atoms with Crippen LogP contribution < -0.4 is 0 Å². The maximum absolute atomic E-state index is 13.1. The van der Waals surface area contributed by atoms with Gasteiger partial charge in [-0.15, -0.1) is 11.8 Å². The highest BCUT2D eigenvalue weighted by Gasteiger charge is 2.60. The highest BCUT2D eigenvalue weighted by Crippen LogP contribution is 2.52. The molecule has 4 aliphatic rings. The van der Waals surface area contributed by atoms with Crippen molar-refractivity contribution in [2.24, 2.45) is 17.8 Å². The molecule has 0 aromatic heterocycles. The first-order valence-electron chi connectivity index (χ1n) is 13.6. The van der Waals surface area contributed by atoms with E-state index in [-0.39, 0.29) is 73.7 Å². The van der Waals surface area contributed by atoms with Gasteiger partial charge in [-0.05, 0) is 13.3 Å². The van der Waals surface area contributed by atoms with E-state index in [9.17, 15) is 24.3 Å². The third kappa shape index (κ3) is 6.02. The van der Waals surface area contributed by atoms with Gasteiger partial charge in [0.05, 0.1) is 31.2 Å². The smallest absolute Gasteiger partial charge is 0.434 e. The number of fused-ring (bicyclic) bond motifs is 1. The number of carbonyl (C=O) groups is 4. The Morgan fingerprint density at radius 1 is 1.07 bits per heavy atom. The van der Waals surface area contributed by atoms with Crippen molar-refractivity contribution in [3.63, 3.8) is 0 Å². The van der Waals surface area contributed by atoms with Crippen molar-refractivity contribution in [3.8, 4) is 0 Å². The first-order chi connectivity index (χ1) is 19.6. The molecule has 1 N–H and O–H groups in total. The summed E-state index contributed by atoms with van der Waals surface area (Å²) < 4.78 is 15.8. The SMILES string of the molecule is C=CCOC(=O)C1=C(S[C@H]2C[C@@H]([C@H]3CON(C(=O)OCC=C)C3)N(C(=O)OCC=C)C2)[C@H](C)[C@@H]2[C@@H]([C@@H](C)O)C(=O)N12. The van der Waals surface area contributed by atoms with Crippen molar-refractivity contribution in [3.05, 3.63) is 48.6 Å². The summed E-state index contributed by atoms with van der Waals surface area (Å²) in [6.07, 6.45) is 2.91. The van der Waals surface area contributed by atoms with Crippen molar-refractivity contribution in [2.45, 2.75) is 43.7 Å². The number of β-lactam (4-membered cyclic amide) rings is 1. The fourth-order valence-electron chi connectivity index (χ4n) is 5.90. The number of rotatable bonds is 11. The van der Waals surface area contributed by atoms with Crippen LogP contribution in [0.5, 0.6) is 0 Å². The minimum atomic E-state index is -0.865. The summed E-state index contributed by atoms with van der Waals surface area (Å²) in [4.78, 5) is 60.8. The third-order valence-corrected chi connectivity index (χ3v) is 9.20. The lowest BCUT2D eigenvalue weighted by Crippen LogP contribution is -2.63. The first kappa shape index (κ1) is 30.7. The van der Waals surface area contributed by atoms with Gasteiger partial charge in [-0.2, -0.15) is 5.06 Å². The van der Waals surface area contributed by atoms with Crippen molar-refractivity contribution in [2.75, 3.05) is 39.5 Å². The van der Waals surface area contributed by atoms with Crippen LogP contribution in [0, 0.1) is 17.8 Å². The Morgan fingerprint density at radius 2 is 1.71 bits per heavy atom. The van der Waals surface area contributed by atoms with E-state index in [0.29, 0.717) is 17.9 Å². The summed E-state index contributed by atoms with van der Waals surface area (Å²) in [5.41, 5.74) is 0.181. The largest absolute Gasteiger partial charge is 0.457 e. The molecule has 13 heteroatoms. The van der Waals surface area contributed by atoms with Gasteiger partial charge in [0.15, 0.2) is 0 Å². The number of nitrogens with zero attached hydrogens (tertiary/aromatic N) is 3. The lowest BCUT2D eigenvalue weighted by atomic mass is 9.79. The predicted octanol–water partition coefficient (Wildman–Crippen LogP) is 2.47. The lowest BCUT2D eigenvalue weighted by molar-refractivity contribution is -0.164. The molecule has 0 radical (unpaired) electrons. The van der Waals surface area contributed by atoms with E-state index in [1.165, 1.54) is 34.9 Å². The molecule has 0 saturated carbocycles. The number of likely N-dealkylation sites (tertiary alicyclic amines) is 1. The van der Waals surface area contributed by atoms with Crippen molar-refractivity contribution in [1.82, 2.24) is 14.9 Å². The van der Waals surface area contributed by atoms with E-state index < -0.39 is 30.2 Å². The molecule has 0 aromatic carbocycles. The highest BCUT2D eigenvalue weighted by molar-refractivity contribution is 8.03. The summed E-state index contributed by atoms with van der Waals surface area (Å²) in [6.45, 7) is 15.0. The zero-order chi connectivity index (χ0) is 29.8. The number of thioether (sulfide) groups is 1. The molecule has 3 amide bonds. The van der Waals surface area contributed by atoms with E-state index in [0.717, 1.165) is 5.06 Å². The van der Waals surface area contributed by atoms with Crippen molar-refractivity contribution >= 4 is 35.8 Å². The van der Waals surface area contributed by atoms with Crippen molar-refractivity contribution < 1.29 is 43.3 Å². The van der Waals surface area contributed by atoms with E-state index >= 15 is 0 Å². The number of ether oxygens (including phenoxy) is 3. The average molecular weight is 592 g/mol. The van der Waals surface area contributed by atoms with E-state index in [1.54, 1.807) is 11.8 Å². The molecule has 7 atom stereocenters. The number of hydroxylamine groups is 2. The van der Waals surface area contributed by atoms with Gasteiger partial charge < -0.3 is 29.1 Å². The molecule has 0 aliphatic carbocycles. The summed E-state index contributed by atoms with van der Waals surface area (Å²) in [5, 5.41) is 11.2. The van der Waals surface area contributed by atoms with E-state index in [2.05, 4.69) is 19.7 Å². The minimum Gasteiger partial charge on any atom is -0.457 e. The topological polar surface area (TPSA) is 135 Å². The zero-order valence-electron chi connectivity index (χ0n) is 23.3. The normalized spacial score (nSPS) is 29.5. The standard InChI is InChI=1S/C28H37N3O9S/c1-6-9-37-26(34)23-24(16(4)22-21(17(5)32)25(33)31(22)23)41-19-12-20(29(14-19)27(35)38-10-7-2)18-13-30(40-15-18)28(36)39-11-8-3/h6-8,16-22,32H,1-3,9-15H2,4-5H3/t16-,17-,18-,19+,20+,21-,22-/m1/s1. The van der Waals surface area contributed by atoms with Gasteiger partial charge in [0, 0.05) is 34.6 Å². The van der Waals surface area contributed by atoms with Crippen LogP contribution in [0.2, 0.25) is 0 Å². The van der Waals surface area contributed by atoms with Crippen LogP contribution in [0.1, 0.15) is 20.3 Å². The summed E-state index contributed by atoms with van der Waals surface area (Å²) in [6, 6.07) is -0.681. The molecular formula is C28H37N3O9S. The molecular weight excluding hydrogens is 554 g/mol.